The van der Waals surface area contributed by atoms with Crippen molar-refractivity contribution in [3.63, 3.8) is 0 Å². The lowest BCUT2D eigenvalue weighted by atomic mass is 10.0. The molecule has 1 N–H and O–H groups in total. The Labute approximate surface area is 107 Å². The average Bonchev–Trinajstić information content (AvgIpc) is 2.83. The van der Waals surface area contributed by atoms with E-state index in [1.165, 1.54) is 64.6 Å². The van der Waals surface area contributed by atoms with Gasteiger partial charge in [0.05, 0.1) is 0 Å². The second kappa shape index (κ2) is 6.75. The number of nitrogens with zero attached hydrogens (tertiary/aromatic N) is 1. The van der Waals surface area contributed by atoms with E-state index in [0.29, 0.717) is 0 Å². The van der Waals surface area contributed by atoms with Gasteiger partial charge in [-0.15, -0.1) is 0 Å². The minimum Gasteiger partial charge on any atom is -0.314 e. The van der Waals surface area contributed by atoms with E-state index in [0.717, 1.165) is 18.0 Å². The summed E-state index contributed by atoms with van der Waals surface area (Å²) in [5, 5.41) is 3.78. The maximum absolute atomic E-state index is 3.78. The van der Waals surface area contributed by atoms with Gasteiger partial charge in [-0.2, -0.15) is 0 Å². The van der Waals surface area contributed by atoms with Gasteiger partial charge in [-0.1, -0.05) is 25.7 Å². The van der Waals surface area contributed by atoms with Crippen molar-refractivity contribution < 1.29 is 0 Å². The van der Waals surface area contributed by atoms with E-state index in [1.54, 1.807) is 0 Å². The normalized spacial score (nSPS) is 24.9. The molecule has 0 aromatic heterocycles. The number of hydrogen-bond acceptors (Lipinski definition) is 2. The van der Waals surface area contributed by atoms with Crippen LogP contribution in [0.15, 0.2) is 0 Å². The van der Waals surface area contributed by atoms with Crippen molar-refractivity contribution in [2.45, 2.75) is 70.9 Å². The molecule has 1 saturated carbocycles. The number of piperidine rings is 1. The van der Waals surface area contributed by atoms with Crippen LogP contribution in [-0.2, 0) is 0 Å². The fourth-order valence-electron chi connectivity index (χ4n) is 3.41. The monoisotopic (exact) mass is 238 g/mol. The number of hydrogen-bond donors (Lipinski definition) is 1. The van der Waals surface area contributed by atoms with Crippen LogP contribution in [0, 0.1) is 5.92 Å². The Bertz CT molecular complexity index is 201. The lowest BCUT2D eigenvalue weighted by Crippen LogP contribution is -2.45. The average molecular weight is 238 g/mol. The van der Waals surface area contributed by atoms with Crippen LogP contribution in [0.25, 0.3) is 0 Å². The predicted octanol–water partition coefficient (Wildman–Crippen LogP) is 3.03. The molecule has 0 aromatic rings. The first kappa shape index (κ1) is 13.4. The van der Waals surface area contributed by atoms with Gasteiger partial charge in [0.15, 0.2) is 0 Å². The molecule has 100 valence electrons. The summed E-state index contributed by atoms with van der Waals surface area (Å²) in [4.78, 5) is 2.61. The van der Waals surface area contributed by atoms with E-state index < -0.39 is 0 Å². The standard InChI is InChI=1S/C15H30N2/c1-13(2)17-11-8-15(9-12-17)16-10-7-14-5-3-4-6-14/h13-16H,3-12H2,1-2H3. The summed E-state index contributed by atoms with van der Waals surface area (Å²) in [5.74, 6) is 1.04. The maximum atomic E-state index is 3.78. The van der Waals surface area contributed by atoms with Gasteiger partial charge in [-0.3, -0.25) is 0 Å². The van der Waals surface area contributed by atoms with Crippen LogP contribution < -0.4 is 5.32 Å². The number of rotatable bonds is 5. The minimum atomic E-state index is 0.731. The lowest BCUT2D eigenvalue weighted by molar-refractivity contribution is 0.160. The Kier molecular flexibility index (Phi) is 5.30. The Balaban J connectivity index is 1.55. The maximum Gasteiger partial charge on any atom is 0.00914 e. The Morgan fingerprint density at radius 1 is 1.06 bits per heavy atom. The van der Waals surface area contributed by atoms with Gasteiger partial charge in [0, 0.05) is 12.1 Å². The van der Waals surface area contributed by atoms with Gasteiger partial charge in [-0.25, -0.2) is 0 Å². The van der Waals surface area contributed by atoms with Crippen molar-refractivity contribution >= 4 is 0 Å². The summed E-state index contributed by atoms with van der Waals surface area (Å²) in [5.41, 5.74) is 0. The molecule has 2 aliphatic rings. The molecule has 0 spiro atoms. The molecule has 2 rings (SSSR count). The summed E-state index contributed by atoms with van der Waals surface area (Å²) >= 11 is 0. The highest BCUT2D eigenvalue weighted by molar-refractivity contribution is 4.79. The SMILES string of the molecule is CC(C)N1CCC(NCCC2CCCC2)CC1. The highest BCUT2D eigenvalue weighted by Gasteiger charge is 2.21. The fraction of sp³-hybridized carbons (Fsp3) is 1.00. The van der Waals surface area contributed by atoms with Crippen molar-refractivity contribution in [3.05, 3.63) is 0 Å². The third-order valence-corrected chi connectivity index (χ3v) is 4.72. The summed E-state index contributed by atoms with van der Waals surface area (Å²) in [7, 11) is 0. The molecule has 0 bridgehead atoms. The van der Waals surface area contributed by atoms with Crippen molar-refractivity contribution in [3.8, 4) is 0 Å². The first-order valence-electron chi connectivity index (χ1n) is 7.73. The van der Waals surface area contributed by atoms with Crippen LogP contribution in [0.1, 0.15) is 58.8 Å². The van der Waals surface area contributed by atoms with E-state index >= 15 is 0 Å². The Morgan fingerprint density at radius 2 is 1.71 bits per heavy atom. The van der Waals surface area contributed by atoms with Gasteiger partial charge in [0.25, 0.3) is 0 Å². The summed E-state index contributed by atoms with van der Waals surface area (Å²) in [6.45, 7) is 8.47. The quantitative estimate of drug-likeness (QED) is 0.792. The van der Waals surface area contributed by atoms with Crippen LogP contribution in [0.4, 0.5) is 0 Å². The van der Waals surface area contributed by atoms with Gasteiger partial charge in [0.1, 0.15) is 0 Å². The third kappa shape index (κ3) is 4.26. The molecule has 0 amide bonds. The van der Waals surface area contributed by atoms with Crippen molar-refractivity contribution in [2.24, 2.45) is 5.92 Å². The van der Waals surface area contributed by atoms with Crippen LogP contribution in [0.2, 0.25) is 0 Å². The second-order valence-electron chi connectivity index (χ2n) is 6.30. The molecule has 17 heavy (non-hydrogen) atoms. The zero-order valence-corrected chi connectivity index (χ0v) is 11.8. The molecule has 2 nitrogen and oxygen atoms in total. The van der Waals surface area contributed by atoms with Gasteiger partial charge in [-0.05, 0) is 58.7 Å². The van der Waals surface area contributed by atoms with Gasteiger partial charge >= 0.3 is 0 Å². The van der Waals surface area contributed by atoms with E-state index in [9.17, 15) is 0 Å². The first-order chi connectivity index (χ1) is 8.25. The molecule has 0 aromatic carbocycles. The number of likely N-dealkylation sites (tertiary alicyclic amines) is 1. The van der Waals surface area contributed by atoms with E-state index in [4.69, 9.17) is 0 Å². The second-order valence-corrected chi connectivity index (χ2v) is 6.30. The molecule has 0 radical (unpaired) electrons. The van der Waals surface area contributed by atoms with E-state index in [-0.39, 0.29) is 0 Å². The summed E-state index contributed by atoms with van der Waals surface area (Å²) in [6.07, 6.45) is 10.1. The Hall–Kier alpha value is -0.0800. The third-order valence-electron chi connectivity index (χ3n) is 4.72. The van der Waals surface area contributed by atoms with Crippen LogP contribution in [0.5, 0.6) is 0 Å². The summed E-state index contributed by atoms with van der Waals surface area (Å²) in [6, 6.07) is 1.53. The molecule has 0 unspecified atom stereocenters. The zero-order chi connectivity index (χ0) is 12.1. The molecule has 1 aliphatic heterocycles. The molecule has 1 saturated heterocycles. The highest BCUT2D eigenvalue weighted by atomic mass is 15.2. The number of nitrogens with one attached hydrogen (secondary N) is 1. The molecular weight excluding hydrogens is 208 g/mol. The molecule has 1 heterocycles. The van der Waals surface area contributed by atoms with Crippen molar-refractivity contribution in [1.29, 1.82) is 0 Å². The first-order valence-corrected chi connectivity index (χ1v) is 7.73. The zero-order valence-electron chi connectivity index (χ0n) is 11.8. The van der Waals surface area contributed by atoms with Gasteiger partial charge < -0.3 is 10.2 Å². The molecule has 2 heteroatoms. The molecule has 0 atom stereocenters. The van der Waals surface area contributed by atoms with Crippen LogP contribution in [-0.4, -0.2) is 36.6 Å². The van der Waals surface area contributed by atoms with Gasteiger partial charge in [0.2, 0.25) is 0 Å². The molecule has 2 fully saturated rings. The minimum absolute atomic E-state index is 0.731. The van der Waals surface area contributed by atoms with Crippen LogP contribution in [0.3, 0.4) is 0 Å². The highest BCUT2D eigenvalue weighted by Crippen LogP contribution is 2.27. The van der Waals surface area contributed by atoms with E-state index in [1.807, 2.05) is 0 Å². The van der Waals surface area contributed by atoms with Crippen molar-refractivity contribution in [2.75, 3.05) is 19.6 Å². The fourth-order valence-corrected chi connectivity index (χ4v) is 3.41. The van der Waals surface area contributed by atoms with Crippen LogP contribution >= 0.6 is 0 Å². The lowest BCUT2D eigenvalue weighted by Gasteiger charge is -2.35. The topological polar surface area (TPSA) is 15.3 Å². The van der Waals surface area contributed by atoms with Crippen molar-refractivity contribution in [1.82, 2.24) is 10.2 Å². The predicted molar refractivity (Wildman–Crippen MR) is 74.3 cm³/mol. The largest absolute Gasteiger partial charge is 0.314 e. The molecule has 1 aliphatic carbocycles. The summed E-state index contributed by atoms with van der Waals surface area (Å²) < 4.78 is 0. The molecular formula is C15H30N2. The van der Waals surface area contributed by atoms with E-state index in [2.05, 4.69) is 24.1 Å². The smallest absolute Gasteiger partial charge is 0.00914 e. The Morgan fingerprint density at radius 3 is 2.29 bits per heavy atom.